The van der Waals surface area contributed by atoms with Crippen LogP contribution in [0.2, 0.25) is 0 Å². The Balaban J connectivity index is 2.67. The van der Waals surface area contributed by atoms with Crippen LogP contribution in [0.4, 0.5) is 5.69 Å². The molecule has 0 unspecified atom stereocenters. The van der Waals surface area contributed by atoms with E-state index in [4.69, 9.17) is 5.73 Å². The molecule has 0 saturated carbocycles. The number of aromatic nitrogens is 2. The SMILES string of the molecule is Cc1nn(-c2cc(Br)ccc2N)c(C)c1Br. The average Bonchev–Trinajstić information content (AvgIpc) is 2.50. The number of anilines is 1. The Morgan fingerprint density at radius 3 is 2.50 bits per heavy atom. The van der Waals surface area contributed by atoms with Crippen molar-refractivity contribution in [2.45, 2.75) is 13.8 Å². The largest absolute Gasteiger partial charge is 0.397 e. The van der Waals surface area contributed by atoms with E-state index in [1.807, 2.05) is 36.7 Å². The summed E-state index contributed by atoms with van der Waals surface area (Å²) in [5, 5.41) is 4.45. The van der Waals surface area contributed by atoms with E-state index < -0.39 is 0 Å². The molecule has 2 aromatic rings. The molecule has 2 N–H and O–H groups in total. The van der Waals surface area contributed by atoms with Gasteiger partial charge in [-0.05, 0) is 48.0 Å². The summed E-state index contributed by atoms with van der Waals surface area (Å²) in [4.78, 5) is 0. The van der Waals surface area contributed by atoms with Crippen LogP contribution >= 0.6 is 31.9 Å². The first-order valence-electron chi connectivity index (χ1n) is 4.78. The third-order valence-electron chi connectivity index (χ3n) is 2.42. The summed E-state index contributed by atoms with van der Waals surface area (Å²) in [5.41, 5.74) is 9.55. The highest BCUT2D eigenvalue weighted by Crippen LogP contribution is 2.27. The quantitative estimate of drug-likeness (QED) is 0.803. The van der Waals surface area contributed by atoms with Gasteiger partial charge in [0, 0.05) is 4.47 Å². The van der Waals surface area contributed by atoms with Crippen LogP contribution in [-0.4, -0.2) is 9.78 Å². The highest BCUT2D eigenvalue weighted by molar-refractivity contribution is 9.10. The smallest absolute Gasteiger partial charge is 0.0889 e. The zero-order valence-corrected chi connectivity index (χ0v) is 12.1. The lowest BCUT2D eigenvalue weighted by Crippen LogP contribution is -2.03. The summed E-state index contributed by atoms with van der Waals surface area (Å²) in [5.74, 6) is 0. The summed E-state index contributed by atoms with van der Waals surface area (Å²) < 4.78 is 3.85. The zero-order valence-electron chi connectivity index (χ0n) is 8.96. The van der Waals surface area contributed by atoms with Crippen LogP contribution in [0.15, 0.2) is 27.1 Å². The van der Waals surface area contributed by atoms with E-state index in [-0.39, 0.29) is 0 Å². The standard InChI is InChI=1S/C11H11Br2N3/c1-6-11(13)7(2)16(15-6)10-5-8(12)3-4-9(10)14/h3-5H,14H2,1-2H3. The van der Waals surface area contributed by atoms with E-state index in [9.17, 15) is 0 Å². The molecule has 5 heteroatoms. The van der Waals surface area contributed by atoms with E-state index in [1.165, 1.54) is 0 Å². The Morgan fingerprint density at radius 2 is 1.94 bits per heavy atom. The van der Waals surface area contributed by atoms with E-state index in [1.54, 1.807) is 0 Å². The van der Waals surface area contributed by atoms with Crippen molar-refractivity contribution in [3.63, 3.8) is 0 Å². The molecule has 1 heterocycles. The molecular weight excluding hydrogens is 334 g/mol. The molecule has 0 aliphatic carbocycles. The number of nitrogen functional groups attached to an aromatic ring is 1. The second kappa shape index (κ2) is 4.22. The van der Waals surface area contributed by atoms with Gasteiger partial charge in [0.15, 0.2) is 0 Å². The fraction of sp³-hybridized carbons (Fsp3) is 0.182. The number of rotatable bonds is 1. The summed E-state index contributed by atoms with van der Waals surface area (Å²) >= 11 is 6.94. The number of aryl methyl sites for hydroxylation is 1. The molecule has 1 aromatic heterocycles. The maximum atomic E-state index is 5.95. The second-order valence-corrected chi connectivity index (χ2v) is 5.31. The maximum absolute atomic E-state index is 5.95. The highest BCUT2D eigenvalue weighted by Gasteiger charge is 2.12. The molecule has 0 spiro atoms. The Labute approximate surface area is 111 Å². The Bertz CT molecular complexity index is 546. The van der Waals surface area contributed by atoms with Gasteiger partial charge in [0.25, 0.3) is 0 Å². The van der Waals surface area contributed by atoms with Crippen molar-refractivity contribution in [3.05, 3.63) is 38.5 Å². The molecule has 0 radical (unpaired) electrons. The topological polar surface area (TPSA) is 43.8 Å². The molecule has 16 heavy (non-hydrogen) atoms. The van der Waals surface area contributed by atoms with Gasteiger partial charge in [0.1, 0.15) is 0 Å². The van der Waals surface area contributed by atoms with E-state index >= 15 is 0 Å². The van der Waals surface area contributed by atoms with Crippen molar-refractivity contribution in [2.24, 2.45) is 0 Å². The van der Waals surface area contributed by atoms with Crippen LogP contribution < -0.4 is 5.73 Å². The molecule has 0 fully saturated rings. The summed E-state index contributed by atoms with van der Waals surface area (Å²) in [6, 6.07) is 5.74. The molecule has 0 aliphatic heterocycles. The maximum Gasteiger partial charge on any atom is 0.0889 e. The first-order valence-corrected chi connectivity index (χ1v) is 6.36. The minimum absolute atomic E-state index is 0.710. The monoisotopic (exact) mass is 343 g/mol. The Morgan fingerprint density at radius 1 is 1.25 bits per heavy atom. The normalized spacial score (nSPS) is 10.8. The van der Waals surface area contributed by atoms with Gasteiger partial charge >= 0.3 is 0 Å². The minimum Gasteiger partial charge on any atom is -0.397 e. The molecule has 84 valence electrons. The molecule has 0 atom stereocenters. The summed E-state index contributed by atoms with van der Waals surface area (Å²) in [7, 11) is 0. The van der Waals surface area contributed by atoms with Crippen molar-refractivity contribution in [1.29, 1.82) is 0 Å². The van der Waals surface area contributed by atoms with E-state index in [0.29, 0.717) is 5.69 Å². The number of hydrogen-bond donors (Lipinski definition) is 1. The fourth-order valence-corrected chi connectivity index (χ4v) is 2.15. The third kappa shape index (κ3) is 1.89. The van der Waals surface area contributed by atoms with E-state index in [2.05, 4.69) is 37.0 Å². The molecule has 0 saturated heterocycles. The molecule has 3 nitrogen and oxygen atoms in total. The van der Waals surface area contributed by atoms with Gasteiger partial charge in [0.2, 0.25) is 0 Å². The Kier molecular flexibility index (Phi) is 3.08. The predicted molar refractivity (Wildman–Crippen MR) is 72.9 cm³/mol. The third-order valence-corrected chi connectivity index (χ3v) is 4.06. The van der Waals surface area contributed by atoms with Crippen molar-refractivity contribution in [2.75, 3.05) is 5.73 Å². The first-order chi connectivity index (χ1) is 7.50. The second-order valence-electron chi connectivity index (χ2n) is 3.60. The lowest BCUT2D eigenvalue weighted by molar-refractivity contribution is 0.835. The fourth-order valence-electron chi connectivity index (χ4n) is 1.56. The number of nitrogens with zero attached hydrogens (tertiary/aromatic N) is 2. The van der Waals surface area contributed by atoms with Gasteiger partial charge in [-0.25, -0.2) is 4.68 Å². The van der Waals surface area contributed by atoms with Crippen LogP contribution in [-0.2, 0) is 0 Å². The van der Waals surface area contributed by atoms with Gasteiger partial charge in [-0.2, -0.15) is 5.10 Å². The lowest BCUT2D eigenvalue weighted by Gasteiger charge is -2.08. The molecule has 0 aliphatic rings. The number of benzene rings is 1. The molecule has 0 amide bonds. The van der Waals surface area contributed by atoms with Gasteiger partial charge in [-0.1, -0.05) is 15.9 Å². The van der Waals surface area contributed by atoms with Crippen LogP contribution in [0.1, 0.15) is 11.4 Å². The summed E-state index contributed by atoms with van der Waals surface area (Å²) in [6.45, 7) is 3.96. The van der Waals surface area contributed by atoms with Crippen molar-refractivity contribution < 1.29 is 0 Å². The first kappa shape index (κ1) is 11.7. The zero-order chi connectivity index (χ0) is 11.9. The van der Waals surface area contributed by atoms with Gasteiger partial charge in [0.05, 0.1) is 27.2 Å². The van der Waals surface area contributed by atoms with Crippen LogP contribution in [0.3, 0.4) is 0 Å². The Hall–Kier alpha value is -0.810. The average molecular weight is 345 g/mol. The molecular formula is C11H11Br2N3. The lowest BCUT2D eigenvalue weighted by atomic mass is 10.2. The number of hydrogen-bond acceptors (Lipinski definition) is 2. The van der Waals surface area contributed by atoms with Crippen LogP contribution in [0, 0.1) is 13.8 Å². The summed E-state index contributed by atoms with van der Waals surface area (Å²) in [6.07, 6.45) is 0. The van der Waals surface area contributed by atoms with Gasteiger partial charge in [-0.15, -0.1) is 0 Å². The van der Waals surface area contributed by atoms with Gasteiger partial charge < -0.3 is 5.73 Å². The number of nitrogens with two attached hydrogens (primary N) is 1. The van der Waals surface area contributed by atoms with Crippen molar-refractivity contribution >= 4 is 37.5 Å². The van der Waals surface area contributed by atoms with Crippen LogP contribution in [0.25, 0.3) is 5.69 Å². The highest BCUT2D eigenvalue weighted by atomic mass is 79.9. The molecule has 2 rings (SSSR count). The molecule has 1 aromatic carbocycles. The van der Waals surface area contributed by atoms with Crippen molar-refractivity contribution in [1.82, 2.24) is 9.78 Å². The predicted octanol–water partition coefficient (Wildman–Crippen LogP) is 3.60. The van der Waals surface area contributed by atoms with Crippen molar-refractivity contribution in [3.8, 4) is 5.69 Å². The van der Waals surface area contributed by atoms with Crippen LogP contribution in [0.5, 0.6) is 0 Å². The molecule has 0 bridgehead atoms. The minimum atomic E-state index is 0.710. The number of halogens is 2. The van der Waals surface area contributed by atoms with E-state index in [0.717, 1.165) is 26.0 Å². The van der Waals surface area contributed by atoms with Gasteiger partial charge in [-0.3, -0.25) is 0 Å².